The molecular weight excluding hydrogens is 316 g/mol. The lowest BCUT2D eigenvalue weighted by Crippen LogP contribution is -2.34. The van der Waals surface area contributed by atoms with E-state index in [-0.39, 0.29) is 24.2 Å². The standard InChI is InChI=1S/C19H18N4O2/c1-22(17-7-4-5-14(9-17)11-20)19(25)15-10-18(24)23(12-15)13-16-6-2-3-8-21-16/h2-9,15H,10,12-13H2,1H3. The Morgan fingerprint density at radius 2 is 2.20 bits per heavy atom. The van der Waals surface area contributed by atoms with E-state index in [0.29, 0.717) is 24.3 Å². The van der Waals surface area contributed by atoms with Crippen molar-refractivity contribution >= 4 is 17.5 Å². The number of rotatable bonds is 4. The fourth-order valence-electron chi connectivity index (χ4n) is 2.96. The first kappa shape index (κ1) is 16.7. The molecule has 1 atom stereocenters. The normalized spacial score (nSPS) is 16.6. The quantitative estimate of drug-likeness (QED) is 0.856. The van der Waals surface area contributed by atoms with Gasteiger partial charge in [0.15, 0.2) is 0 Å². The molecule has 3 rings (SSSR count). The van der Waals surface area contributed by atoms with Crippen molar-refractivity contribution < 1.29 is 9.59 Å². The zero-order valence-corrected chi connectivity index (χ0v) is 13.9. The Hall–Kier alpha value is -3.20. The summed E-state index contributed by atoms with van der Waals surface area (Å²) in [6.45, 7) is 0.799. The number of carbonyl (C=O) groups is 2. The second-order valence-corrected chi connectivity index (χ2v) is 6.06. The average Bonchev–Trinajstić information content (AvgIpc) is 3.02. The molecule has 2 heterocycles. The number of hydrogen-bond acceptors (Lipinski definition) is 4. The molecule has 1 saturated heterocycles. The number of amides is 2. The molecule has 1 aromatic carbocycles. The number of nitrogens with zero attached hydrogens (tertiary/aromatic N) is 4. The Morgan fingerprint density at radius 1 is 1.36 bits per heavy atom. The van der Waals surface area contributed by atoms with Crippen LogP contribution in [0, 0.1) is 17.2 Å². The van der Waals surface area contributed by atoms with Crippen LogP contribution >= 0.6 is 0 Å². The van der Waals surface area contributed by atoms with Crippen LogP contribution in [0.4, 0.5) is 5.69 Å². The van der Waals surface area contributed by atoms with Gasteiger partial charge in [-0.25, -0.2) is 0 Å². The van der Waals surface area contributed by atoms with E-state index in [1.165, 1.54) is 4.90 Å². The van der Waals surface area contributed by atoms with Crippen molar-refractivity contribution in [3.05, 3.63) is 59.9 Å². The highest BCUT2D eigenvalue weighted by Crippen LogP contribution is 2.24. The molecule has 0 radical (unpaired) electrons. The van der Waals surface area contributed by atoms with Crippen molar-refractivity contribution in [1.82, 2.24) is 9.88 Å². The first-order valence-corrected chi connectivity index (χ1v) is 8.04. The molecule has 2 aromatic rings. The topological polar surface area (TPSA) is 77.3 Å². The fraction of sp³-hybridized carbons (Fsp3) is 0.263. The van der Waals surface area contributed by atoms with Crippen LogP contribution in [0.25, 0.3) is 0 Å². The van der Waals surface area contributed by atoms with E-state index in [1.54, 1.807) is 42.4 Å². The van der Waals surface area contributed by atoms with Crippen LogP contribution in [0.3, 0.4) is 0 Å². The number of pyridine rings is 1. The Balaban J connectivity index is 1.68. The third-order valence-electron chi connectivity index (χ3n) is 4.34. The zero-order chi connectivity index (χ0) is 17.8. The van der Waals surface area contributed by atoms with E-state index in [9.17, 15) is 9.59 Å². The van der Waals surface area contributed by atoms with E-state index in [4.69, 9.17) is 5.26 Å². The molecule has 6 nitrogen and oxygen atoms in total. The maximum Gasteiger partial charge on any atom is 0.232 e. The summed E-state index contributed by atoms with van der Waals surface area (Å²) in [5.41, 5.74) is 1.95. The highest BCUT2D eigenvalue weighted by Gasteiger charge is 2.36. The van der Waals surface area contributed by atoms with Crippen molar-refractivity contribution in [2.24, 2.45) is 5.92 Å². The first-order valence-electron chi connectivity index (χ1n) is 8.04. The lowest BCUT2D eigenvalue weighted by Gasteiger charge is -2.21. The van der Waals surface area contributed by atoms with Crippen molar-refractivity contribution in [1.29, 1.82) is 5.26 Å². The van der Waals surface area contributed by atoms with Crippen LogP contribution < -0.4 is 4.90 Å². The van der Waals surface area contributed by atoms with Crippen LogP contribution in [-0.2, 0) is 16.1 Å². The minimum atomic E-state index is -0.382. The minimum absolute atomic E-state index is 0.0387. The molecule has 1 aliphatic heterocycles. The van der Waals surface area contributed by atoms with E-state index < -0.39 is 0 Å². The average molecular weight is 334 g/mol. The number of hydrogen-bond donors (Lipinski definition) is 0. The number of nitriles is 1. The third kappa shape index (κ3) is 3.66. The van der Waals surface area contributed by atoms with E-state index in [2.05, 4.69) is 11.1 Å². The second-order valence-electron chi connectivity index (χ2n) is 6.06. The van der Waals surface area contributed by atoms with Crippen LogP contribution in [0.5, 0.6) is 0 Å². The van der Waals surface area contributed by atoms with Crippen LogP contribution in [-0.4, -0.2) is 35.3 Å². The molecule has 1 aromatic heterocycles. The maximum absolute atomic E-state index is 12.7. The van der Waals surface area contributed by atoms with Crippen LogP contribution in [0.1, 0.15) is 17.7 Å². The van der Waals surface area contributed by atoms with Crippen LogP contribution in [0.2, 0.25) is 0 Å². The number of carbonyl (C=O) groups excluding carboxylic acids is 2. The molecule has 0 N–H and O–H groups in total. The van der Waals surface area contributed by atoms with Gasteiger partial charge in [-0.05, 0) is 30.3 Å². The molecule has 6 heteroatoms. The molecule has 25 heavy (non-hydrogen) atoms. The summed E-state index contributed by atoms with van der Waals surface area (Å²) in [5, 5.41) is 8.99. The first-order chi connectivity index (χ1) is 12.1. The molecule has 1 unspecified atom stereocenters. The van der Waals surface area contributed by atoms with Crippen molar-refractivity contribution in [2.45, 2.75) is 13.0 Å². The minimum Gasteiger partial charge on any atom is -0.336 e. The summed E-state index contributed by atoms with van der Waals surface area (Å²) in [4.78, 5) is 32.4. The van der Waals surface area contributed by atoms with Gasteiger partial charge in [0.05, 0.1) is 29.8 Å². The van der Waals surface area contributed by atoms with Crippen LogP contribution in [0.15, 0.2) is 48.7 Å². The molecule has 2 amide bonds. The lowest BCUT2D eigenvalue weighted by atomic mass is 10.1. The molecule has 0 saturated carbocycles. The molecular formula is C19H18N4O2. The van der Waals surface area contributed by atoms with E-state index >= 15 is 0 Å². The Morgan fingerprint density at radius 3 is 2.92 bits per heavy atom. The zero-order valence-electron chi connectivity index (χ0n) is 13.9. The van der Waals surface area contributed by atoms with Gasteiger partial charge >= 0.3 is 0 Å². The summed E-state index contributed by atoms with van der Waals surface area (Å²) < 4.78 is 0. The number of anilines is 1. The van der Waals surface area contributed by atoms with Gasteiger partial charge in [-0.3, -0.25) is 14.6 Å². The summed E-state index contributed by atoms with van der Waals surface area (Å²) in [6, 6.07) is 14.5. The van der Waals surface area contributed by atoms with Gasteiger partial charge in [0.1, 0.15) is 0 Å². The third-order valence-corrected chi connectivity index (χ3v) is 4.34. The van der Waals surface area contributed by atoms with E-state index in [0.717, 1.165) is 5.69 Å². The summed E-state index contributed by atoms with van der Waals surface area (Å²) in [5.74, 6) is -0.540. The molecule has 0 aliphatic carbocycles. The molecule has 126 valence electrons. The summed E-state index contributed by atoms with van der Waals surface area (Å²) in [6.07, 6.45) is 1.89. The summed E-state index contributed by atoms with van der Waals surface area (Å²) >= 11 is 0. The Bertz CT molecular complexity index is 829. The lowest BCUT2D eigenvalue weighted by molar-refractivity contribution is -0.128. The van der Waals surface area contributed by atoms with Crippen molar-refractivity contribution in [3.63, 3.8) is 0 Å². The molecule has 1 fully saturated rings. The van der Waals surface area contributed by atoms with Gasteiger partial charge in [-0.1, -0.05) is 12.1 Å². The number of aromatic nitrogens is 1. The molecule has 0 spiro atoms. The number of benzene rings is 1. The SMILES string of the molecule is CN(C(=O)C1CC(=O)N(Cc2ccccn2)C1)c1cccc(C#N)c1. The van der Waals surface area contributed by atoms with E-state index in [1.807, 2.05) is 18.2 Å². The van der Waals surface area contributed by atoms with Gasteiger partial charge in [-0.2, -0.15) is 5.26 Å². The van der Waals surface area contributed by atoms with Gasteiger partial charge in [0.25, 0.3) is 0 Å². The maximum atomic E-state index is 12.7. The van der Waals surface area contributed by atoms with Gasteiger partial charge in [0, 0.05) is 31.9 Å². The van der Waals surface area contributed by atoms with Crippen molar-refractivity contribution in [2.75, 3.05) is 18.5 Å². The predicted octanol–water partition coefficient (Wildman–Crippen LogP) is 1.96. The van der Waals surface area contributed by atoms with Gasteiger partial charge in [-0.15, -0.1) is 0 Å². The molecule has 0 bridgehead atoms. The Labute approximate surface area is 146 Å². The monoisotopic (exact) mass is 334 g/mol. The fourth-order valence-corrected chi connectivity index (χ4v) is 2.96. The highest BCUT2D eigenvalue weighted by molar-refractivity contribution is 5.98. The largest absolute Gasteiger partial charge is 0.336 e. The van der Waals surface area contributed by atoms with Gasteiger partial charge in [0.2, 0.25) is 11.8 Å². The summed E-state index contributed by atoms with van der Waals surface area (Å²) in [7, 11) is 1.67. The highest BCUT2D eigenvalue weighted by atomic mass is 16.2. The van der Waals surface area contributed by atoms with Crippen molar-refractivity contribution in [3.8, 4) is 6.07 Å². The predicted molar refractivity (Wildman–Crippen MR) is 92.3 cm³/mol. The second kappa shape index (κ2) is 7.14. The number of likely N-dealkylation sites (tertiary alicyclic amines) is 1. The molecule has 1 aliphatic rings. The smallest absolute Gasteiger partial charge is 0.232 e. The Kier molecular flexibility index (Phi) is 4.75. The van der Waals surface area contributed by atoms with Gasteiger partial charge < -0.3 is 9.80 Å².